The van der Waals surface area contributed by atoms with Crippen molar-refractivity contribution in [3.63, 3.8) is 0 Å². The maximum atomic E-state index is 13.5. The maximum Gasteiger partial charge on any atom is 0.286 e. The molecule has 4 aromatic rings. The summed E-state index contributed by atoms with van der Waals surface area (Å²) in [6, 6.07) is 7.98. The van der Waals surface area contributed by atoms with E-state index in [9.17, 15) is 19.2 Å². The molecule has 0 bridgehead atoms. The van der Waals surface area contributed by atoms with Gasteiger partial charge in [0.1, 0.15) is 17.1 Å². The van der Waals surface area contributed by atoms with E-state index in [0.29, 0.717) is 41.0 Å². The van der Waals surface area contributed by atoms with E-state index in [4.69, 9.17) is 11.1 Å². The fourth-order valence-electron chi connectivity index (χ4n) is 4.79. The highest BCUT2D eigenvalue weighted by atomic mass is 79.9. The Balaban J connectivity index is 1.50. The van der Waals surface area contributed by atoms with Gasteiger partial charge in [0.25, 0.3) is 17.7 Å². The largest absolute Gasteiger partial charge is 0.369 e. The molecule has 0 atom stereocenters. The molecule has 0 unspecified atom stereocenters. The van der Waals surface area contributed by atoms with Crippen LogP contribution in [0.3, 0.4) is 0 Å². The van der Waals surface area contributed by atoms with Crippen molar-refractivity contribution in [3.8, 4) is 11.1 Å². The summed E-state index contributed by atoms with van der Waals surface area (Å²) in [4.78, 5) is 57.7. The minimum absolute atomic E-state index is 0.192. The third kappa shape index (κ3) is 7.29. The predicted octanol–water partition coefficient (Wildman–Crippen LogP) is 4.29. The number of aromatic amines is 2. The highest BCUT2D eigenvalue weighted by molar-refractivity contribution is 9.09. The maximum absolute atomic E-state index is 13.5. The van der Waals surface area contributed by atoms with Crippen LogP contribution < -0.4 is 27.2 Å². The molecule has 46 heavy (non-hydrogen) atoms. The first kappa shape index (κ1) is 33.9. The number of anilines is 2. The number of nitrogens with zero attached hydrogens (tertiary/aromatic N) is 2. The van der Waals surface area contributed by atoms with Crippen molar-refractivity contribution in [2.24, 2.45) is 5.73 Å². The standard InChI is InChI=1S/C30H35BrN10O4S/c1-5-40(30(32)33)39-28(44)25-18(4)22(12-35-25)37-27(43)24-17(3)23(13-34-24)38-29(45)26-16(2)21(14-41(26)36-15-42)19-6-8-20(9-7-19)46-11-10-31/h6-9,12-15,34-35H,5,10-11H2,1-4H3,(H3,32,33)(H,36,42)(H,37,43)(H,38,45)(H,39,44). The van der Waals surface area contributed by atoms with Gasteiger partial charge in [-0.1, -0.05) is 28.1 Å². The number of H-pyrrole nitrogens is 2. The number of amides is 4. The van der Waals surface area contributed by atoms with E-state index in [2.05, 4.69) is 47.4 Å². The number of carbonyl (C=O) groups excluding carboxylic acids is 4. The number of nitrogens with one attached hydrogen (secondary N) is 7. The van der Waals surface area contributed by atoms with E-state index in [1.54, 1.807) is 45.7 Å². The van der Waals surface area contributed by atoms with Gasteiger partial charge >= 0.3 is 0 Å². The zero-order valence-corrected chi connectivity index (χ0v) is 28.0. The smallest absolute Gasteiger partial charge is 0.286 e. The molecule has 0 saturated heterocycles. The highest BCUT2D eigenvalue weighted by Gasteiger charge is 2.24. The number of rotatable bonds is 12. The molecule has 0 fully saturated rings. The number of hydrogen-bond donors (Lipinski definition) is 8. The van der Waals surface area contributed by atoms with Crippen LogP contribution in [0.5, 0.6) is 0 Å². The molecule has 3 aromatic heterocycles. The second-order valence-electron chi connectivity index (χ2n) is 10.1. The van der Waals surface area contributed by atoms with Crippen LogP contribution in [0.4, 0.5) is 11.4 Å². The molecule has 14 nitrogen and oxygen atoms in total. The summed E-state index contributed by atoms with van der Waals surface area (Å²) in [5, 5.41) is 15.2. The first-order valence-corrected chi connectivity index (χ1v) is 16.2. The number of halogens is 1. The molecule has 0 spiro atoms. The number of aromatic nitrogens is 3. The average molecular weight is 712 g/mol. The number of nitrogens with two attached hydrogens (primary N) is 1. The number of thioether (sulfide) groups is 1. The fraction of sp³-hybridized carbons (Fsp3) is 0.233. The first-order chi connectivity index (χ1) is 22.0. The second-order valence-corrected chi connectivity index (χ2v) is 12.0. The lowest BCUT2D eigenvalue weighted by atomic mass is 10.0. The number of benzene rings is 1. The molecule has 0 radical (unpaired) electrons. The summed E-state index contributed by atoms with van der Waals surface area (Å²) in [5.74, 6) is -0.872. The fourth-order valence-corrected chi connectivity index (χ4v) is 5.92. The topological polar surface area (TPSA) is 206 Å². The summed E-state index contributed by atoms with van der Waals surface area (Å²) in [6.45, 7) is 7.17. The van der Waals surface area contributed by atoms with Gasteiger partial charge in [0.2, 0.25) is 12.4 Å². The summed E-state index contributed by atoms with van der Waals surface area (Å²) >= 11 is 5.16. The van der Waals surface area contributed by atoms with Crippen molar-refractivity contribution in [3.05, 3.63) is 76.6 Å². The minimum atomic E-state index is -0.523. The molecule has 4 amide bonds. The van der Waals surface area contributed by atoms with Gasteiger partial charge in [-0.15, -0.1) is 11.8 Å². The Hall–Kier alpha value is -4.96. The van der Waals surface area contributed by atoms with E-state index in [-0.39, 0.29) is 23.0 Å². The van der Waals surface area contributed by atoms with Gasteiger partial charge in [-0.25, -0.2) is 0 Å². The van der Waals surface area contributed by atoms with Gasteiger partial charge in [0.15, 0.2) is 0 Å². The number of hydrogen-bond acceptors (Lipinski definition) is 6. The first-order valence-electron chi connectivity index (χ1n) is 14.1. The van der Waals surface area contributed by atoms with E-state index >= 15 is 0 Å². The second kappa shape index (κ2) is 14.9. The third-order valence-corrected chi connectivity index (χ3v) is 9.19. The molecule has 242 valence electrons. The van der Waals surface area contributed by atoms with E-state index in [1.807, 2.05) is 24.3 Å². The van der Waals surface area contributed by atoms with Crippen molar-refractivity contribution in [2.45, 2.75) is 32.6 Å². The Bertz CT molecular complexity index is 1780. The number of hydrazine groups is 1. The van der Waals surface area contributed by atoms with Gasteiger partial charge in [0.05, 0.1) is 11.4 Å². The molecule has 16 heteroatoms. The van der Waals surface area contributed by atoms with Gasteiger partial charge < -0.3 is 26.3 Å². The number of carbonyl (C=O) groups is 4. The van der Waals surface area contributed by atoms with Crippen molar-refractivity contribution < 1.29 is 19.2 Å². The van der Waals surface area contributed by atoms with E-state index in [0.717, 1.165) is 27.1 Å². The number of alkyl halides is 1. The van der Waals surface area contributed by atoms with Gasteiger partial charge in [0, 0.05) is 57.8 Å². The van der Waals surface area contributed by atoms with Crippen molar-refractivity contribution in [1.29, 1.82) is 5.41 Å². The Kier molecular flexibility index (Phi) is 11.0. The van der Waals surface area contributed by atoms with Crippen molar-refractivity contribution >= 4 is 69.2 Å². The summed E-state index contributed by atoms with van der Waals surface area (Å²) < 4.78 is 1.37. The van der Waals surface area contributed by atoms with Crippen LogP contribution in [0.1, 0.15) is 55.1 Å². The summed E-state index contributed by atoms with van der Waals surface area (Å²) in [6.07, 6.45) is 5.17. The molecule has 0 saturated carbocycles. The lowest BCUT2D eigenvalue weighted by Crippen LogP contribution is -2.49. The quantitative estimate of drug-likeness (QED) is 0.0267. The molecule has 0 aliphatic carbocycles. The molecule has 1 aromatic carbocycles. The lowest BCUT2D eigenvalue weighted by molar-refractivity contribution is -0.106. The highest BCUT2D eigenvalue weighted by Crippen LogP contribution is 2.31. The molecule has 9 N–H and O–H groups in total. The van der Waals surface area contributed by atoms with Crippen LogP contribution in [0, 0.1) is 26.2 Å². The Morgan fingerprint density at radius 1 is 0.978 bits per heavy atom. The Morgan fingerprint density at radius 3 is 2.11 bits per heavy atom. The van der Waals surface area contributed by atoms with Gasteiger partial charge in [-0.3, -0.25) is 45.1 Å². The van der Waals surface area contributed by atoms with Crippen molar-refractivity contribution in [2.75, 3.05) is 33.7 Å². The average Bonchev–Trinajstić information content (AvgIpc) is 3.69. The molecule has 3 heterocycles. The third-order valence-electron chi connectivity index (χ3n) is 7.25. The summed E-state index contributed by atoms with van der Waals surface area (Å²) in [7, 11) is 0. The normalized spacial score (nSPS) is 10.7. The molecule has 0 aliphatic rings. The number of guanidine groups is 1. The molecule has 4 rings (SSSR count). The minimum Gasteiger partial charge on any atom is -0.369 e. The zero-order chi connectivity index (χ0) is 33.5. The van der Waals surface area contributed by atoms with Crippen LogP contribution >= 0.6 is 27.7 Å². The van der Waals surface area contributed by atoms with Crippen LogP contribution in [0.2, 0.25) is 0 Å². The lowest BCUT2D eigenvalue weighted by Gasteiger charge is -2.21. The predicted molar refractivity (Wildman–Crippen MR) is 183 cm³/mol. The molecular formula is C30H35BrN10O4S. The molecule has 0 aliphatic heterocycles. The van der Waals surface area contributed by atoms with Gasteiger partial charge in [-0.2, -0.15) is 0 Å². The Morgan fingerprint density at radius 2 is 1.57 bits per heavy atom. The van der Waals surface area contributed by atoms with Crippen LogP contribution in [0.15, 0.2) is 47.8 Å². The summed E-state index contributed by atoms with van der Waals surface area (Å²) in [5.41, 5.74) is 15.2. The van der Waals surface area contributed by atoms with Gasteiger partial charge in [-0.05, 0) is 51.0 Å². The SMILES string of the molecule is CCN(NC(=O)c1[nH]cc(NC(=O)c2[nH]cc(NC(=O)c3c(C)c(-c4ccc(SCCBr)cc4)cn3NC=O)c2C)c1C)C(=N)N. The molecular weight excluding hydrogens is 676 g/mol. The van der Waals surface area contributed by atoms with Crippen LogP contribution in [-0.2, 0) is 4.79 Å². The van der Waals surface area contributed by atoms with Crippen molar-refractivity contribution in [1.82, 2.24) is 25.1 Å². The van der Waals surface area contributed by atoms with Crippen LogP contribution in [-0.4, -0.2) is 67.4 Å². The Labute approximate surface area is 277 Å². The monoisotopic (exact) mass is 710 g/mol. The van der Waals surface area contributed by atoms with E-state index < -0.39 is 17.7 Å². The zero-order valence-electron chi connectivity index (χ0n) is 25.6. The van der Waals surface area contributed by atoms with Crippen LogP contribution in [0.25, 0.3) is 11.1 Å². The van der Waals surface area contributed by atoms with E-state index in [1.165, 1.54) is 22.1 Å².